The first-order chi connectivity index (χ1) is 11.1. The smallest absolute Gasteiger partial charge is 0.336 e. The maximum Gasteiger partial charge on any atom is 0.336 e. The van der Waals surface area contributed by atoms with Gasteiger partial charge in [0.05, 0.1) is 24.0 Å². The van der Waals surface area contributed by atoms with Crippen LogP contribution in [0.3, 0.4) is 0 Å². The van der Waals surface area contributed by atoms with E-state index in [1.807, 2.05) is 0 Å². The van der Waals surface area contributed by atoms with Gasteiger partial charge in [-0.2, -0.15) is 0 Å². The second-order valence-electron chi connectivity index (χ2n) is 4.81. The van der Waals surface area contributed by atoms with E-state index in [0.717, 1.165) is 0 Å². The summed E-state index contributed by atoms with van der Waals surface area (Å²) >= 11 is 0. The minimum Gasteiger partial charge on any atom is -0.481 e. The van der Waals surface area contributed by atoms with Gasteiger partial charge in [0.25, 0.3) is 11.8 Å². The van der Waals surface area contributed by atoms with Gasteiger partial charge in [-0.15, -0.1) is 0 Å². The fourth-order valence-electron chi connectivity index (χ4n) is 1.83. The zero-order valence-corrected chi connectivity index (χ0v) is 12.1. The van der Waals surface area contributed by atoms with Crippen molar-refractivity contribution in [1.82, 2.24) is 5.32 Å². The predicted molar refractivity (Wildman–Crippen MR) is 75.3 cm³/mol. The zero-order valence-electron chi connectivity index (χ0n) is 12.1. The molecule has 0 saturated carbocycles. The third-order valence-electron chi connectivity index (χ3n) is 2.93. The van der Waals surface area contributed by atoms with E-state index >= 15 is 0 Å². The van der Waals surface area contributed by atoms with E-state index < -0.39 is 36.4 Å². The highest BCUT2D eigenvalue weighted by Crippen LogP contribution is 2.16. The van der Waals surface area contributed by atoms with Crippen molar-refractivity contribution in [2.24, 2.45) is 0 Å². The molecule has 128 valence electrons. The Labute approximate surface area is 134 Å². The Morgan fingerprint density at radius 1 is 0.875 bits per heavy atom. The fourth-order valence-corrected chi connectivity index (χ4v) is 1.83. The molecule has 0 aromatic heterocycles. The van der Waals surface area contributed by atoms with Gasteiger partial charge in [-0.05, 0) is 12.1 Å². The molecule has 0 saturated heterocycles. The van der Waals surface area contributed by atoms with Crippen LogP contribution in [0.4, 0.5) is 0 Å². The van der Waals surface area contributed by atoms with Crippen molar-refractivity contribution >= 4 is 29.7 Å². The molecule has 0 bridgehead atoms. The fraction of sp³-hybridized carbons (Fsp3) is 0.214. The number of aliphatic carboxylic acids is 3. The van der Waals surface area contributed by atoms with Crippen molar-refractivity contribution < 1.29 is 44.4 Å². The number of carboxylic acid groups (broad SMARTS) is 3. The average Bonchev–Trinajstić information content (AvgIpc) is 2.73. The standard InChI is InChI=1S/C8H5NO2.C6H8O7/c10-7-5-3-1-2-4-6(5)8(11)9-7;7-3(8)1-6(13,5(11)12)2-4(9)10/h1-4H,(H,9,10,11);13H,1-2H2,(H,7,8)(H,9,10)(H,11,12). The van der Waals surface area contributed by atoms with E-state index in [-0.39, 0.29) is 11.8 Å². The van der Waals surface area contributed by atoms with Gasteiger partial charge in [-0.25, -0.2) is 4.79 Å². The molecule has 0 radical (unpaired) electrons. The first-order valence-electron chi connectivity index (χ1n) is 6.41. The Kier molecular flexibility index (Phi) is 5.73. The van der Waals surface area contributed by atoms with Crippen LogP contribution in [0, 0.1) is 0 Å². The van der Waals surface area contributed by atoms with Crippen molar-refractivity contribution in [3.8, 4) is 0 Å². The van der Waals surface area contributed by atoms with Gasteiger partial charge in [-0.3, -0.25) is 24.5 Å². The number of hydrogen-bond acceptors (Lipinski definition) is 6. The van der Waals surface area contributed by atoms with Gasteiger partial charge in [0, 0.05) is 0 Å². The molecule has 10 heteroatoms. The number of carbonyl (C=O) groups excluding carboxylic acids is 2. The summed E-state index contributed by atoms with van der Waals surface area (Å²) in [6.07, 6.45) is -2.29. The topological polar surface area (TPSA) is 178 Å². The first-order valence-corrected chi connectivity index (χ1v) is 6.41. The SMILES string of the molecule is O=C(O)CC(O)(CC(=O)O)C(=O)O.O=C1NC(=O)c2ccccc21. The highest BCUT2D eigenvalue weighted by atomic mass is 16.4. The molecule has 2 rings (SSSR count). The van der Waals surface area contributed by atoms with Crippen LogP contribution in [0.5, 0.6) is 0 Å². The van der Waals surface area contributed by atoms with Crippen LogP contribution in [0.1, 0.15) is 33.6 Å². The predicted octanol–water partition coefficient (Wildman–Crippen LogP) is -0.678. The van der Waals surface area contributed by atoms with Crippen molar-refractivity contribution in [2.45, 2.75) is 18.4 Å². The number of fused-ring (bicyclic) bond motifs is 1. The highest BCUT2D eigenvalue weighted by Gasteiger charge is 2.40. The molecule has 0 unspecified atom stereocenters. The van der Waals surface area contributed by atoms with Gasteiger partial charge < -0.3 is 20.4 Å². The quantitative estimate of drug-likeness (QED) is 0.434. The molecule has 1 aliphatic heterocycles. The highest BCUT2D eigenvalue weighted by molar-refractivity contribution is 6.21. The maximum absolute atomic E-state index is 10.9. The summed E-state index contributed by atoms with van der Waals surface area (Å²) in [6, 6.07) is 6.74. The van der Waals surface area contributed by atoms with E-state index in [2.05, 4.69) is 5.32 Å². The van der Waals surface area contributed by atoms with Gasteiger partial charge in [0.1, 0.15) is 0 Å². The molecule has 1 aromatic rings. The second kappa shape index (κ2) is 7.33. The summed E-state index contributed by atoms with van der Waals surface area (Å²) in [5, 5.41) is 36.0. The molecule has 1 aliphatic rings. The Morgan fingerprint density at radius 3 is 1.54 bits per heavy atom. The van der Waals surface area contributed by atoms with Crippen molar-refractivity contribution in [3.05, 3.63) is 35.4 Å². The monoisotopic (exact) mass is 339 g/mol. The second-order valence-corrected chi connectivity index (χ2v) is 4.81. The lowest BCUT2D eigenvalue weighted by Crippen LogP contribution is -2.42. The lowest BCUT2D eigenvalue weighted by atomic mass is 9.96. The number of aliphatic hydroxyl groups is 1. The van der Waals surface area contributed by atoms with Gasteiger partial charge >= 0.3 is 17.9 Å². The number of amides is 2. The molecule has 0 spiro atoms. The summed E-state index contributed by atoms with van der Waals surface area (Å²) in [7, 11) is 0. The lowest BCUT2D eigenvalue weighted by Gasteiger charge is -2.18. The van der Waals surface area contributed by atoms with Gasteiger partial charge in [-0.1, -0.05) is 12.1 Å². The van der Waals surface area contributed by atoms with Crippen LogP contribution >= 0.6 is 0 Å². The molecule has 0 fully saturated rings. The van der Waals surface area contributed by atoms with E-state index in [9.17, 15) is 24.0 Å². The number of hydrogen-bond donors (Lipinski definition) is 5. The average molecular weight is 339 g/mol. The molecule has 0 aliphatic carbocycles. The Balaban J connectivity index is 0.000000242. The minimum atomic E-state index is -2.74. The van der Waals surface area contributed by atoms with Crippen LogP contribution in [-0.2, 0) is 14.4 Å². The number of rotatable bonds is 5. The third kappa shape index (κ3) is 4.61. The van der Waals surface area contributed by atoms with Gasteiger partial charge in [0.2, 0.25) is 0 Å². The molecular formula is C14H13NO9. The van der Waals surface area contributed by atoms with E-state index in [4.69, 9.17) is 20.4 Å². The van der Waals surface area contributed by atoms with E-state index in [0.29, 0.717) is 11.1 Å². The van der Waals surface area contributed by atoms with Crippen LogP contribution in [0.15, 0.2) is 24.3 Å². The largest absolute Gasteiger partial charge is 0.481 e. The lowest BCUT2D eigenvalue weighted by molar-refractivity contribution is -0.170. The van der Waals surface area contributed by atoms with Crippen LogP contribution in [-0.4, -0.2) is 55.7 Å². The molecule has 1 aromatic carbocycles. The van der Waals surface area contributed by atoms with Crippen LogP contribution in [0.25, 0.3) is 0 Å². The number of carboxylic acids is 3. The zero-order chi connectivity index (χ0) is 18.5. The van der Waals surface area contributed by atoms with E-state index in [1.54, 1.807) is 24.3 Å². The van der Waals surface area contributed by atoms with Crippen molar-refractivity contribution in [2.75, 3.05) is 0 Å². The van der Waals surface area contributed by atoms with E-state index in [1.165, 1.54) is 0 Å². The summed E-state index contributed by atoms with van der Waals surface area (Å²) in [5.74, 6) is -5.62. The summed E-state index contributed by atoms with van der Waals surface area (Å²) in [5.41, 5.74) is -1.80. The molecule has 10 nitrogen and oxygen atoms in total. The van der Waals surface area contributed by atoms with Gasteiger partial charge in [0.15, 0.2) is 5.60 Å². The molecule has 2 amide bonds. The number of benzene rings is 1. The minimum absolute atomic E-state index is 0.300. The normalized spacial score (nSPS) is 12.5. The molecule has 0 atom stereocenters. The molecule has 24 heavy (non-hydrogen) atoms. The van der Waals surface area contributed by atoms with Crippen LogP contribution < -0.4 is 5.32 Å². The van der Waals surface area contributed by atoms with Crippen molar-refractivity contribution in [1.29, 1.82) is 0 Å². The molecule has 1 heterocycles. The first kappa shape index (κ1) is 18.8. The Hall–Kier alpha value is -3.27. The summed E-state index contributed by atoms with van der Waals surface area (Å²) < 4.78 is 0. The molecule has 5 N–H and O–H groups in total. The third-order valence-corrected chi connectivity index (χ3v) is 2.93. The Bertz CT molecular complexity index is 661. The van der Waals surface area contributed by atoms with Crippen LogP contribution in [0.2, 0.25) is 0 Å². The number of nitrogens with one attached hydrogen (secondary N) is 1. The molecular weight excluding hydrogens is 326 g/mol. The summed E-state index contributed by atoms with van der Waals surface area (Å²) in [4.78, 5) is 52.4. The summed E-state index contributed by atoms with van der Waals surface area (Å²) in [6.45, 7) is 0. The van der Waals surface area contributed by atoms with Crippen molar-refractivity contribution in [3.63, 3.8) is 0 Å². The number of carbonyl (C=O) groups is 5. The Morgan fingerprint density at radius 2 is 1.25 bits per heavy atom. The number of imide groups is 1. The maximum atomic E-state index is 10.9.